The molecule has 0 spiro atoms. The molecule has 2 heterocycles. The molecule has 1 fully saturated rings. The molecule has 2 aromatic heterocycles. The van der Waals surface area contributed by atoms with Crippen LogP contribution in [0.4, 0.5) is 10.5 Å². The molecule has 2 aliphatic carbocycles. The highest BCUT2D eigenvalue weighted by atomic mass is 32.2. The second-order valence-corrected chi connectivity index (χ2v) is 11.4. The van der Waals surface area contributed by atoms with Crippen molar-refractivity contribution in [3.8, 4) is 0 Å². The van der Waals surface area contributed by atoms with Crippen LogP contribution in [-0.4, -0.2) is 25.3 Å². The van der Waals surface area contributed by atoms with E-state index in [9.17, 15) is 14.1 Å². The lowest BCUT2D eigenvalue weighted by molar-refractivity contribution is 0.0783. The summed E-state index contributed by atoms with van der Waals surface area (Å²) < 4.78 is 16.9. The summed E-state index contributed by atoms with van der Waals surface area (Å²) in [6, 6.07) is -0.732. The van der Waals surface area contributed by atoms with Gasteiger partial charge in [-0.2, -0.15) is 0 Å². The van der Waals surface area contributed by atoms with Crippen LogP contribution in [0.1, 0.15) is 73.5 Å². The predicted octanol–water partition coefficient (Wildman–Crippen LogP) is 3.63. The number of aryl methyl sites for hydroxylation is 2. The number of amides is 2. The van der Waals surface area contributed by atoms with E-state index in [0.717, 1.165) is 78.1 Å². The smallest absolute Gasteiger partial charge is 0.354 e. The molecule has 162 valence electrons. The fraction of sp³-hybridized carbons (Fsp3) is 0.550. The lowest BCUT2D eigenvalue weighted by atomic mass is 9.99. The molecule has 30 heavy (non-hydrogen) atoms. The normalized spacial score (nSPS) is 18.0. The number of hydrogen-bond donors (Lipinski definition) is 3. The van der Waals surface area contributed by atoms with Crippen molar-refractivity contribution in [3.63, 3.8) is 0 Å². The molecular formula is C20H27N5O3S2. The number of nitrogens with two attached hydrogens (primary N) is 1. The van der Waals surface area contributed by atoms with Crippen LogP contribution in [0.2, 0.25) is 0 Å². The van der Waals surface area contributed by atoms with Gasteiger partial charge in [0.2, 0.25) is 0 Å². The van der Waals surface area contributed by atoms with Gasteiger partial charge in [0.1, 0.15) is 14.8 Å². The van der Waals surface area contributed by atoms with Gasteiger partial charge in [-0.05, 0) is 63.9 Å². The van der Waals surface area contributed by atoms with Gasteiger partial charge < -0.3 is 10.4 Å². The first-order valence-electron chi connectivity index (χ1n) is 10.2. The molecule has 0 aliphatic heterocycles. The van der Waals surface area contributed by atoms with Gasteiger partial charge in [-0.1, -0.05) is 6.92 Å². The van der Waals surface area contributed by atoms with Gasteiger partial charge in [-0.3, -0.25) is 4.98 Å². The standard InChI is InChI=1S/C20H27N5O3S2/c1-4-13-16(11-8-9-11)17(12-6-5-7-14(12)23-13)24-19(26)25-30(21,28)15-10-22-18(29-15)20(2,3)27/h10-11,27H,4-9H2,1-3H3,(H3,21,23,24,25,26,28). The van der Waals surface area contributed by atoms with E-state index < -0.39 is 21.5 Å². The second-order valence-electron chi connectivity index (χ2n) is 8.39. The minimum atomic E-state index is -3.47. The van der Waals surface area contributed by atoms with Crippen LogP contribution in [0.15, 0.2) is 14.8 Å². The Balaban J connectivity index is 1.68. The highest BCUT2D eigenvalue weighted by Gasteiger charge is 2.33. The SMILES string of the molecule is CCc1nc2c(c(NC(=O)N=S(N)(=O)c3cnc(C(C)(C)O)s3)c1C1CC1)CCC2. The van der Waals surface area contributed by atoms with Crippen molar-refractivity contribution in [3.05, 3.63) is 33.7 Å². The maximum absolute atomic E-state index is 12.9. The Morgan fingerprint density at radius 1 is 1.43 bits per heavy atom. The Morgan fingerprint density at radius 3 is 2.77 bits per heavy atom. The molecule has 1 unspecified atom stereocenters. The lowest BCUT2D eigenvalue weighted by Crippen LogP contribution is -2.19. The van der Waals surface area contributed by atoms with Gasteiger partial charge in [0.15, 0.2) is 9.92 Å². The number of carbonyl (C=O) groups is 1. The third-order valence-corrected chi connectivity index (χ3v) is 8.60. The van der Waals surface area contributed by atoms with E-state index in [1.807, 2.05) is 0 Å². The zero-order valence-corrected chi connectivity index (χ0v) is 19.0. The van der Waals surface area contributed by atoms with Crippen LogP contribution in [0.3, 0.4) is 0 Å². The van der Waals surface area contributed by atoms with Crippen molar-refractivity contribution in [1.29, 1.82) is 0 Å². The number of aliphatic hydroxyl groups is 1. The summed E-state index contributed by atoms with van der Waals surface area (Å²) in [5.74, 6) is 0.409. The summed E-state index contributed by atoms with van der Waals surface area (Å²) in [5, 5.41) is 19.2. The fourth-order valence-corrected chi connectivity index (χ4v) is 5.91. The Hall–Kier alpha value is -1.88. The molecular weight excluding hydrogens is 422 g/mol. The number of rotatable bonds is 5. The summed E-state index contributed by atoms with van der Waals surface area (Å²) >= 11 is 0.994. The van der Waals surface area contributed by atoms with Gasteiger partial charge in [-0.15, -0.1) is 15.7 Å². The first kappa shape index (κ1) is 21.4. The molecule has 4 rings (SSSR count). The highest BCUT2D eigenvalue weighted by molar-refractivity contribution is 7.93. The van der Waals surface area contributed by atoms with Gasteiger partial charge in [0, 0.05) is 17.0 Å². The third kappa shape index (κ3) is 4.14. The number of nitrogens with zero attached hydrogens (tertiary/aromatic N) is 3. The summed E-state index contributed by atoms with van der Waals surface area (Å²) in [7, 11) is -3.47. The zero-order valence-electron chi connectivity index (χ0n) is 17.4. The van der Waals surface area contributed by atoms with Crippen LogP contribution in [0.25, 0.3) is 0 Å². The first-order chi connectivity index (χ1) is 14.1. The molecule has 2 amide bonds. The van der Waals surface area contributed by atoms with Gasteiger partial charge in [0.25, 0.3) is 0 Å². The van der Waals surface area contributed by atoms with Crippen molar-refractivity contribution < 1.29 is 14.1 Å². The molecule has 0 saturated heterocycles. The summed E-state index contributed by atoms with van der Waals surface area (Å²) in [5.41, 5.74) is 3.85. The number of nitrogens with one attached hydrogen (secondary N) is 1. The maximum Gasteiger partial charge on any atom is 0.354 e. The van der Waals surface area contributed by atoms with Gasteiger partial charge in [-0.25, -0.2) is 19.1 Å². The second kappa shape index (κ2) is 7.67. The number of fused-ring (bicyclic) bond motifs is 1. The molecule has 4 N–H and O–H groups in total. The van der Waals surface area contributed by atoms with Crippen molar-refractivity contribution in [2.45, 2.75) is 75.0 Å². The number of thiazole rings is 1. The van der Waals surface area contributed by atoms with Crippen LogP contribution in [-0.2, 0) is 34.8 Å². The summed E-state index contributed by atoms with van der Waals surface area (Å²) in [6.07, 6.45) is 7.06. The molecule has 2 aliphatic rings. The van der Waals surface area contributed by atoms with E-state index >= 15 is 0 Å². The van der Waals surface area contributed by atoms with Crippen LogP contribution >= 0.6 is 11.3 Å². The molecule has 0 aromatic carbocycles. The van der Waals surface area contributed by atoms with Crippen molar-refractivity contribution in [2.75, 3.05) is 5.32 Å². The quantitative estimate of drug-likeness (QED) is 0.641. The monoisotopic (exact) mass is 449 g/mol. The minimum Gasteiger partial charge on any atom is -0.383 e. The Bertz CT molecular complexity index is 1120. The number of pyridine rings is 1. The van der Waals surface area contributed by atoms with E-state index in [1.54, 1.807) is 13.8 Å². The van der Waals surface area contributed by atoms with Gasteiger partial charge >= 0.3 is 6.03 Å². The average molecular weight is 450 g/mol. The Morgan fingerprint density at radius 2 is 2.17 bits per heavy atom. The maximum atomic E-state index is 12.9. The number of carbonyl (C=O) groups excluding carboxylic acids is 1. The molecule has 0 bridgehead atoms. The molecule has 1 atom stereocenters. The van der Waals surface area contributed by atoms with Crippen molar-refractivity contribution in [2.24, 2.45) is 9.50 Å². The van der Waals surface area contributed by atoms with Crippen molar-refractivity contribution in [1.82, 2.24) is 9.97 Å². The van der Waals surface area contributed by atoms with E-state index in [4.69, 9.17) is 10.1 Å². The molecule has 10 heteroatoms. The first-order valence-corrected chi connectivity index (χ1v) is 12.6. The molecule has 8 nitrogen and oxygen atoms in total. The fourth-order valence-electron chi connectivity index (χ4n) is 3.85. The molecule has 2 aromatic rings. The van der Waals surface area contributed by atoms with E-state index in [0.29, 0.717) is 10.9 Å². The van der Waals surface area contributed by atoms with E-state index in [-0.39, 0.29) is 4.21 Å². The summed E-state index contributed by atoms with van der Waals surface area (Å²) in [4.78, 5) is 21.7. The third-order valence-electron chi connectivity index (χ3n) is 5.41. The number of hydrogen-bond acceptors (Lipinski definition) is 6. The number of anilines is 1. The largest absolute Gasteiger partial charge is 0.383 e. The number of urea groups is 1. The Kier molecular flexibility index (Phi) is 5.46. The van der Waals surface area contributed by atoms with Crippen molar-refractivity contribution >= 4 is 33.0 Å². The molecule has 1 saturated carbocycles. The average Bonchev–Trinajstić information content (AvgIpc) is 3.16. The van der Waals surface area contributed by atoms with Crippen LogP contribution < -0.4 is 10.5 Å². The van der Waals surface area contributed by atoms with Gasteiger partial charge in [0.05, 0.1) is 11.9 Å². The van der Waals surface area contributed by atoms with Crippen LogP contribution in [0, 0.1) is 0 Å². The summed E-state index contributed by atoms with van der Waals surface area (Å²) in [6.45, 7) is 5.22. The van der Waals surface area contributed by atoms with E-state index in [2.05, 4.69) is 21.6 Å². The topological polar surface area (TPSA) is 131 Å². The van der Waals surface area contributed by atoms with Crippen LogP contribution in [0.5, 0.6) is 0 Å². The zero-order chi connectivity index (χ0) is 21.7. The predicted molar refractivity (Wildman–Crippen MR) is 117 cm³/mol. The number of aromatic nitrogens is 2. The Labute approximate surface area is 180 Å². The lowest BCUT2D eigenvalue weighted by Gasteiger charge is -2.17. The minimum absolute atomic E-state index is 0.159. The van der Waals surface area contributed by atoms with E-state index in [1.165, 1.54) is 6.20 Å². The highest BCUT2D eigenvalue weighted by Crippen LogP contribution is 2.47. The molecule has 0 radical (unpaired) electrons.